The van der Waals surface area contributed by atoms with Crippen molar-refractivity contribution >= 4 is 37.9 Å². The van der Waals surface area contributed by atoms with E-state index >= 15 is 0 Å². The first-order valence-electron chi connectivity index (χ1n) is 4.39. The molecule has 0 saturated carbocycles. The van der Waals surface area contributed by atoms with Gasteiger partial charge in [0.05, 0.1) is 7.11 Å². The minimum absolute atomic E-state index is 0.115. The molecule has 0 unspecified atom stereocenters. The van der Waals surface area contributed by atoms with Crippen molar-refractivity contribution in [3.05, 3.63) is 30.3 Å². The average molecular weight is 312 g/mol. The summed E-state index contributed by atoms with van der Waals surface area (Å²) in [6.07, 6.45) is -0.115. The normalized spacial score (nSPS) is 8.47. The van der Waals surface area contributed by atoms with Crippen LogP contribution in [0.1, 0.15) is 13.3 Å². The first kappa shape index (κ1) is 14.2. The zero-order valence-corrected chi connectivity index (χ0v) is 11.7. The summed E-state index contributed by atoms with van der Waals surface area (Å²) in [5, 5.41) is 0. The molecule has 1 rings (SSSR count). The molecule has 0 heterocycles. The van der Waals surface area contributed by atoms with E-state index < -0.39 is 5.97 Å². The zero-order valence-electron chi connectivity index (χ0n) is 8.82. The maximum atomic E-state index is 10.2. The molecule has 0 aliphatic rings. The van der Waals surface area contributed by atoms with Crippen molar-refractivity contribution in [1.82, 2.24) is 0 Å². The summed E-state index contributed by atoms with van der Waals surface area (Å²) in [7, 11) is 1.26. The Morgan fingerprint density at radius 3 is 2.00 bits per heavy atom. The zero-order chi connectivity index (χ0) is 11.7. The monoisotopic (exact) mass is 313 g/mol. The van der Waals surface area contributed by atoms with Crippen LogP contribution in [0.4, 0.5) is 0 Å². The molecule has 1 aromatic rings. The van der Waals surface area contributed by atoms with Gasteiger partial charge >= 0.3 is 62.4 Å². The van der Waals surface area contributed by atoms with Crippen LogP contribution in [-0.2, 0) is 14.3 Å². The van der Waals surface area contributed by atoms with Crippen LogP contribution in [0.3, 0.4) is 0 Å². The number of hydrogen-bond donors (Lipinski definition) is 0. The molecule has 0 saturated heterocycles. The predicted molar refractivity (Wildman–Crippen MR) is 59.1 cm³/mol. The number of ether oxygens (including phenoxy) is 1. The summed E-state index contributed by atoms with van der Waals surface area (Å²) in [4.78, 5) is 20.3. The molecule has 0 aliphatic heterocycles. The Kier molecular flexibility index (Phi) is 7.99. The summed E-state index contributed by atoms with van der Waals surface area (Å²) in [6, 6.07) is 10.4. The molecule has 15 heavy (non-hydrogen) atoms. The van der Waals surface area contributed by atoms with Crippen LogP contribution < -0.4 is 3.58 Å². The molecule has 0 amide bonds. The molecule has 79 valence electrons. The van der Waals surface area contributed by atoms with Gasteiger partial charge in [-0.05, 0) is 6.92 Å². The topological polar surface area (TPSA) is 43.4 Å². The Morgan fingerprint density at radius 2 is 1.80 bits per heavy atom. The van der Waals surface area contributed by atoms with E-state index in [0.717, 1.165) is 0 Å². The number of esters is 1. The number of carbonyl (C=O) groups excluding carboxylic acids is 2. The van der Waals surface area contributed by atoms with Crippen LogP contribution in [0.5, 0.6) is 0 Å². The van der Waals surface area contributed by atoms with Crippen LogP contribution >= 0.6 is 0 Å². The average Bonchev–Trinajstić information content (AvgIpc) is 2.19. The fraction of sp³-hybridized carbons (Fsp3) is 0.273. The third-order valence-electron chi connectivity index (χ3n) is 1.39. The summed E-state index contributed by atoms with van der Waals surface area (Å²) >= 11 is 1.49. The fourth-order valence-corrected chi connectivity index (χ4v) is 1.26. The van der Waals surface area contributed by atoms with Gasteiger partial charge in [-0.2, -0.15) is 0 Å². The van der Waals surface area contributed by atoms with Crippen molar-refractivity contribution in [3.8, 4) is 0 Å². The maximum absolute atomic E-state index is 10.2. The molecule has 0 spiro atoms. The summed E-state index contributed by atoms with van der Waals surface area (Å²) in [6.45, 7) is 1.34. The SMILES string of the molecule is COC(=O)CC(C)=O.[Sn][c]1ccccc1. The second kappa shape index (κ2) is 8.47. The molecule has 0 fully saturated rings. The quantitative estimate of drug-likeness (QED) is 0.457. The van der Waals surface area contributed by atoms with Crippen molar-refractivity contribution in [1.29, 1.82) is 0 Å². The van der Waals surface area contributed by atoms with Crippen molar-refractivity contribution in [2.75, 3.05) is 7.11 Å². The van der Waals surface area contributed by atoms with E-state index in [4.69, 9.17) is 0 Å². The van der Waals surface area contributed by atoms with Gasteiger partial charge in [-0.15, -0.1) is 0 Å². The number of benzene rings is 1. The van der Waals surface area contributed by atoms with E-state index in [2.05, 4.69) is 29.0 Å². The molecule has 0 atom stereocenters. The molecular formula is C11H13O3Sn. The molecule has 0 aliphatic carbocycles. The van der Waals surface area contributed by atoms with Crippen molar-refractivity contribution in [3.63, 3.8) is 0 Å². The molecule has 4 heteroatoms. The Bertz CT molecular complexity index is 309. The molecule has 1 aromatic carbocycles. The van der Waals surface area contributed by atoms with E-state index in [1.807, 2.05) is 6.07 Å². The third kappa shape index (κ3) is 9.46. The van der Waals surface area contributed by atoms with Gasteiger partial charge in [0.25, 0.3) is 0 Å². The van der Waals surface area contributed by atoms with E-state index in [-0.39, 0.29) is 12.2 Å². The Labute approximate surface area is 103 Å². The van der Waals surface area contributed by atoms with Gasteiger partial charge in [-0.1, -0.05) is 0 Å². The van der Waals surface area contributed by atoms with Gasteiger partial charge < -0.3 is 4.74 Å². The van der Waals surface area contributed by atoms with E-state index in [1.54, 1.807) is 0 Å². The first-order chi connectivity index (χ1) is 7.06. The molecule has 0 aromatic heterocycles. The van der Waals surface area contributed by atoms with Crippen molar-refractivity contribution in [2.45, 2.75) is 13.3 Å². The van der Waals surface area contributed by atoms with Crippen molar-refractivity contribution < 1.29 is 14.3 Å². The van der Waals surface area contributed by atoms with Crippen LogP contribution in [0.15, 0.2) is 30.3 Å². The van der Waals surface area contributed by atoms with Gasteiger partial charge in [0.2, 0.25) is 0 Å². The Balaban J connectivity index is 0.000000262. The summed E-state index contributed by atoms with van der Waals surface area (Å²) in [5.74, 6) is -0.644. The number of rotatable bonds is 2. The first-order valence-corrected chi connectivity index (χ1v) is 5.82. The van der Waals surface area contributed by atoms with Crippen molar-refractivity contribution in [2.24, 2.45) is 0 Å². The predicted octanol–water partition coefficient (Wildman–Crippen LogP) is 0.619. The van der Waals surface area contributed by atoms with E-state index in [0.29, 0.717) is 0 Å². The van der Waals surface area contributed by atoms with Gasteiger partial charge in [0, 0.05) is 0 Å². The minimum atomic E-state index is -0.475. The second-order valence-electron chi connectivity index (χ2n) is 2.82. The number of hydrogen-bond acceptors (Lipinski definition) is 3. The molecule has 3 radical (unpaired) electrons. The fourth-order valence-electron chi connectivity index (χ4n) is 0.714. The van der Waals surface area contributed by atoms with Gasteiger partial charge in [0.15, 0.2) is 0 Å². The second-order valence-corrected chi connectivity index (χ2v) is 4.47. The van der Waals surface area contributed by atoms with Gasteiger partial charge in [-0.3, -0.25) is 9.59 Å². The number of methoxy groups -OCH3 is 1. The number of carbonyl (C=O) groups is 2. The van der Waals surface area contributed by atoms with E-state index in [1.165, 1.54) is 40.1 Å². The number of ketones is 1. The van der Waals surface area contributed by atoms with Crippen LogP contribution in [0, 0.1) is 0 Å². The molecule has 0 bridgehead atoms. The van der Waals surface area contributed by atoms with Gasteiger partial charge in [-0.25, -0.2) is 0 Å². The summed E-state index contributed by atoms with van der Waals surface area (Å²) < 4.78 is 5.61. The number of Topliss-reactive ketones (excluding diaryl/α,β-unsaturated/α-hetero) is 1. The Hall–Kier alpha value is -0.841. The van der Waals surface area contributed by atoms with E-state index in [9.17, 15) is 9.59 Å². The third-order valence-corrected chi connectivity index (χ3v) is 2.35. The van der Waals surface area contributed by atoms with Gasteiger partial charge in [0.1, 0.15) is 12.2 Å². The molecular weight excluding hydrogens is 299 g/mol. The molecule has 3 nitrogen and oxygen atoms in total. The van der Waals surface area contributed by atoms with Crippen LogP contribution in [0.2, 0.25) is 0 Å². The van der Waals surface area contributed by atoms with Crippen LogP contribution in [0.25, 0.3) is 0 Å². The molecule has 0 N–H and O–H groups in total. The van der Waals surface area contributed by atoms with Crippen LogP contribution in [-0.4, -0.2) is 41.4 Å². The summed E-state index contributed by atoms with van der Waals surface area (Å²) in [5.41, 5.74) is 0. The Morgan fingerprint density at radius 1 is 1.27 bits per heavy atom. The standard InChI is InChI=1S/C6H5.C5H8O3.Sn/c1-2-4-6-5-3-1;1-4(6)3-5(7)8-2;/h1-5H;3H2,1-2H3;.